The number of nitrogens with zero attached hydrogens (tertiary/aromatic N) is 1. The van der Waals surface area contributed by atoms with Crippen LogP contribution in [0, 0.1) is 6.92 Å². The minimum atomic E-state index is -4.03. The van der Waals surface area contributed by atoms with Crippen LogP contribution in [-0.2, 0) is 10.0 Å². The van der Waals surface area contributed by atoms with E-state index in [0.29, 0.717) is 11.3 Å². The van der Waals surface area contributed by atoms with Crippen molar-refractivity contribution in [1.82, 2.24) is 0 Å². The monoisotopic (exact) mass is 351 g/mol. The van der Waals surface area contributed by atoms with Crippen LogP contribution in [0.2, 0.25) is 0 Å². The minimum Gasteiger partial charge on any atom is -0.268 e. The molecule has 0 heterocycles. The molecule has 3 aromatic rings. The molecular formula is C20H17NO3S. The van der Waals surface area contributed by atoms with Gasteiger partial charge in [-0.05, 0) is 43.3 Å². The summed E-state index contributed by atoms with van der Waals surface area (Å²) in [5, 5.41) is 0. The Balaban J connectivity index is 2.15. The lowest BCUT2D eigenvalue weighted by Crippen LogP contribution is -2.37. The molecule has 4 nitrogen and oxygen atoms in total. The molecule has 126 valence electrons. The summed E-state index contributed by atoms with van der Waals surface area (Å²) in [6.07, 6.45) is 0. The van der Waals surface area contributed by atoms with Crippen LogP contribution in [0.1, 0.15) is 15.9 Å². The molecule has 1 amide bonds. The maximum Gasteiger partial charge on any atom is 0.272 e. The number of benzene rings is 3. The summed E-state index contributed by atoms with van der Waals surface area (Å²) in [6.45, 7) is 1.88. The number of para-hydroxylation sites is 1. The van der Waals surface area contributed by atoms with Gasteiger partial charge in [0, 0.05) is 5.56 Å². The number of amides is 1. The Hall–Kier alpha value is -2.92. The number of hydrogen-bond donors (Lipinski definition) is 0. The summed E-state index contributed by atoms with van der Waals surface area (Å²) in [5.41, 5.74) is 1.55. The topological polar surface area (TPSA) is 54.5 Å². The van der Waals surface area contributed by atoms with Crippen LogP contribution in [0.15, 0.2) is 89.8 Å². The Bertz CT molecular complexity index is 966. The maximum absolute atomic E-state index is 13.2. The minimum absolute atomic E-state index is 0.0752. The highest BCUT2D eigenvalue weighted by Gasteiger charge is 2.31. The molecule has 0 fully saturated rings. The van der Waals surface area contributed by atoms with Crippen LogP contribution in [0.3, 0.4) is 0 Å². The quantitative estimate of drug-likeness (QED) is 0.713. The molecule has 5 heteroatoms. The van der Waals surface area contributed by atoms with Crippen molar-refractivity contribution in [1.29, 1.82) is 0 Å². The van der Waals surface area contributed by atoms with E-state index in [1.165, 1.54) is 12.1 Å². The predicted molar refractivity (Wildman–Crippen MR) is 98.1 cm³/mol. The van der Waals surface area contributed by atoms with E-state index in [1.54, 1.807) is 72.8 Å². The average molecular weight is 351 g/mol. The Labute approximate surface area is 147 Å². The van der Waals surface area contributed by atoms with Crippen molar-refractivity contribution in [3.05, 3.63) is 96.1 Å². The van der Waals surface area contributed by atoms with Crippen molar-refractivity contribution in [2.45, 2.75) is 11.8 Å². The number of aryl methyl sites for hydroxylation is 1. The first-order valence-corrected chi connectivity index (χ1v) is 9.20. The first-order chi connectivity index (χ1) is 12.0. The summed E-state index contributed by atoms with van der Waals surface area (Å²) in [4.78, 5) is 13.1. The van der Waals surface area contributed by atoms with Crippen LogP contribution in [0.4, 0.5) is 5.69 Å². The largest absolute Gasteiger partial charge is 0.272 e. The van der Waals surface area contributed by atoms with E-state index in [1.807, 2.05) is 6.92 Å². The first kappa shape index (κ1) is 16.9. The van der Waals surface area contributed by atoms with E-state index < -0.39 is 15.9 Å². The normalized spacial score (nSPS) is 11.1. The summed E-state index contributed by atoms with van der Waals surface area (Å²) in [5.74, 6) is -0.590. The van der Waals surface area contributed by atoms with Crippen LogP contribution in [-0.4, -0.2) is 14.3 Å². The number of sulfonamides is 1. The van der Waals surface area contributed by atoms with E-state index >= 15 is 0 Å². The number of anilines is 1. The highest BCUT2D eigenvalue weighted by molar-refractivity contribution is 7.93. The van der Waals surface area contributed by atoms with Gasteiger partial charge in [0.05, 0.1) is 10.6 Å². The molecule has 3 rings (SSSR count). The molecule has 0 aliphatic rings. The fourth-order valence-electron chi connectivity index (χ4n) is 2.44. The van der Waals surface area contributed by atoms with Gasteiger partial charge in [0.1, 0.15) is 0 Å². The van der Waals surface area contributed by atoms with Gasteiger partial charge in [-0.2, -0.15) is 4.31 Å². The van der Waals surface area contributed by atoms with Gasteiger partial charge in [-0.15, -0.1) is 0 Å². The van der Waals surface area contributed by atoms with Gasteiger partial charge in [0.25, 0.3) is 15.9 Å². The molecule has 0 atom stereocenters. The Kier molecular flexibility index (Phi) is 4.67. The smallest absolute Gasteiger partial charge is 0.268 e. The molecule has 0 aliphatic heterocycles. The zero-order valence-electron chi connectivity index (χ0n) is 13.7. The SMILES string of the molecule is Cc1ccc(S(=O)(=O)N(C(=O)c2ccccc2)c2ccccc2)cc1. The van der Waals surface area contributed by atoms with Gasteiger partial charge in [-0.3, -0.25) is 4.79 Å². The van der Waals surface area contributed by atoms with Crippen molar-refractivity contribution < 1.29 is 13.2 Å². The highest BCUT2D eigenvalue weighted by atomic mass is 32.2. The van der Waals surface area contributed by atoms with Crippen molar-refractivity contribution in [3.63, 3.8) is 0 Å². The second-order valence-electron chi connectivity index (χ2n) is 5.59. The van der Waals surface area contributed by atoms with Crippen molar-refractivity contribution in [2.24, 2.45) is 0 Å². The fourth-order valence-corrected chi connectivity index (χ4v) is 3.86. The molecular weight excluding hydrogens is 334 g/mol. The number of rotatable bonds is 4. The zero-order valence-corrected chi connectivity index (χ0v) is 14.5. The lowest BCUT2D eigenvalue weighted by Gasteiger charge is -2.22. The molecule has 3 aromatic carbocycles. The van der Waals surface area contributed by atoms with Crippen molar-refractivity contribution in [2.75, 3.05) is 4.31 Å². The molecule has 0 bridgehead atoms. The molecule has 0 spiro atoms. The Morgan fingerprint density at radius 2 is 1.28 bits per heavy atom. The molecule has 0 saturated carbocycles. The number of carbonyl (C=O) groups excluding carboxylic acids is 1. The third kappa shape index (κ3) is 3.46. The van der Waals surface area contributed by atoms with Crippen LogP contribution in [0.25, 0.3) is 0 Å². The summed E-state index contributed by atoms with van der Waals surface area (Å²) >= 11 is 0. The van der Waals surface area contributed by atoms with Gasteiger partial charge < -0.3 is 0 Å². The third-order valence-corrected chi connectivity index (χ3v) is 5.48. The molecule has 0 unspecified atom stereocenters. The van der Waals surface area contributed by atoms with Gasteiger partial charge in [-0.1, -0.05) is 54.1 Å². The van der Waals surface area contributed by atoms with Crippen molar-refractivity contribution in [3.8, 4) is 0 Å². The van der Waals surface area contributed by atoms with E-state index in [4.69, 9.17) is 0 Å². The lowest BCUT2D eigenvalue weighted by molar-refractivity contribution is 0.101. The summed E-state index contributed by atoms with van der Waals surface area (Å²) < 4.78 is 27.2. The van der Waals surface area contributed by atoms with Gasteiger partial charge in [0.15, 0.2) is 0 Å². The average Bonchev–Trinajstić information content (AvgIpc) is 2.63. The van der Waals surface area contributed by atoms with Crippen LogP contribution in [0.5, 0.6) is 0 Å². The van der Waals surface area contributed by atoms with Gasteiger partial charge >= 0.3 is 0 Å². The van der Waals surface area contributed by atoms with E-state index in [2.05, 4.69) is 0 Å². The highest BCUT2D eigenvalue weighted by Crippen LogP contribution is 2.26. The molecule has 0 aromatic heterocycles. The number of hydrogen-bond acceptors (Lipinski definition) is 3. The lowest BCUT2D eigenvalue weighted by atomic mass is 10.2. The fraction of sp³-hybridized carbons (Fsp3) is 0.0500. The van der Waals surface area contributed by atoms with Gasteiger partial charge in [-0.25, -0.2) is 8.42 Å². The number of carbonyl (C=O) groups is 1. The third-order valence-electron chi connectivity index (χ3n) is 3.76. The maximum atomic E-state index is 13.2. The molecule has 0 N–H and O–H groups in total. The second-order valence-corrected chi connectivity index (χ2v) is 7.38. The Morgan fingerprint density at radius 1 is 0.760 bits per heavy atom. The molecule has 0 radical (unpaired) electrons. The standard InChI is InChI=1S/C20H17NO3S/c1-16-12-14-19(15-13-16)25(23,24)21(18-10-6-3-7-11-18)20(22)17-8-4-2-5-9-17/h2-15H,1H3. The predicted octanol–water partition coefficient (Wildman–Crippen LogP) is 4.03. The van der Waals surface area contributed by atoms with E-state index in [0.717, 1.165) is 9.87 Å². The van der Waals surface area contributed by atoms with Gasteiger partial charge in [0.2, 0.25) is 0 Å². The van der Waals surface area contributed by atoms with E-state index in [-0.39, 0.29) is 4.90 Å². The summed E-state index contributed by atoms with van der Waals surface area (Å²) in [6, 6.07) is 23.2. The van der Waals surface area contributed by atoms with Crippen molar-refractivity contribution >= 4 is 21.6 Å². The Morgan fingerprint density at radius 3 is 1.84 bits per heavy atom. The molecule has 0 aliphatic carbocycles. The summed E-state index contributed by atoms with van der Waals surface area (Å²) in [7, 11) is -4.03. The zero-order chi connectivity index (χ0) is 17.9. The molecule has 25 heavy (non-hydrogen) atoms. The van der Waals surface area contributed by atoms with E-state index in [9.17, 15) is 13.2 Å². The second kappa shape index (κ2) is 6.91. The van der Waals surface area contributed by atoms with Crippen LogP contribution < -0.4 is 4.31 Å². The van der Waals surface area contributed by atoms with Crippen LogP contribution >= 0.6 is 0 Å². The first-order valence-electron chi connectivity index (χ1n) is 7.76. The molecule has 0 saturated heterocycles.